The van der Waals surface area contributed by atoms with Crippen LogP contribution in [0.2, 0.25) is 0 Å². The number of hydrogen-bond donors (Lipinski definition) is 0. The molecule has 30 heavy (non-hydrogen) atoms. The van der Waals surface area contributed by atoms with Crippen LogP contribution in [0.5, 0.6) is 0 Å². The number of amides is 1. The van der Waals surface area contributed by atoms with Gasteiger partial charge in [-0.3, -0.25) is 4.79 Å². The Kier molecular flexibility index (Phi) is 5.55. The van der Waals surface area contributed by atoms with Gasteiger partial charge >= 0.3 is 0 Å². The van der Waals surface area contributed by atoms with Crippen molar-refractivity contribution in [2.75, 3.05) is 36.8 Å². The van der Waals surface area contributed by atoms with Gasteiger partial charge in [-0.1, -0.05) is 24.3 Å². The number of sulfone groups is 1. The van der Waals surface area contributed by atoms with Crippen LogP contribution < -0.4 is 4.90 Å². The van der Waals surface area contributed by atoms with Crippen LogP contribution in [-0.4, -0.2) is 56.1 Å². The predicted molar refractivity (Wildman–Crippen MR) is 121 cm³/mol. The van der Waals surface area contributed by atoms with Crippen LogP contribution in [0, 0.1) is 13.8 Å². The second-order valence-corrected chi connectivity index (χ2v) is 10.9. The van der Waals surface area contributed by atoms with Gasteiger partial charge < -0.3 is 9.80 Å². The van der Waals surface area contributed by atoms with Crippen molar-refractivity contribution >= 4 is 42.4 Å². The second-order valence-electron chi connectivity index (χ2n) is 7.61. The topological polar surface area (TPSA) is 70.6 Å². The predicted octanol–water partition coefficient (Wildman–Crippen LogP) is 3.67. The van der Waals surface area contributed by atoms with Crippen LogP contribution in [0.3, 0.4) is 0 Å². The zero-order chi connectivity index (χ0) is 21.5. The fraction of sp³-hybridized carbons (Fsp3) is 0.364. The number of aryl methyl sites for hydroxylation is 2. The summed E-state index contributed by atoms with van der Waals surface area (Å²) in [6.45, 7) is 8.38. The van der Waals surface area contributed by atoms with Crippen molar-refractivity contribution in [3.05, 3.63) is 53.1 Å². The zero-order valence-corrected chi connectivity index (χ0v) is 19.0. The van der Waals surface area contributed by atoms with Crippen LogP contribution >= 0.6 is 11.3 Å². The van der Waals surface area contributed by atoms with Crippen LogP contribution in [0.15, 0.2) is 41.3 Å². The minimum atomic E-state index is -3.33. The molecule has 2 aromatic carbocycles. The van der Waals surface area contributed by atoms with E-state index in [1.807, 2.05) is 0 Å². The van der Waals surface area contributed by atoms with Gasteiger partial charge in [0.2, 0.25) is 0 Å². The summed E-state index contributed by atoms with van der Waals surface area (Å²) >= 11 is 1.68. The van der Waals surface area contributed by atoms with E-state index in [9.17, 15) is 13.2 Å². The van der Waals surface area contributed by atoms with Gasteiger partial charge in [-0.15, -0.1) is 0 Å². The highest BCUT2D eigenvalue weighted by molar-refractivity contribution is 7.91. The summed E-state index contributed by atoms with van der Waals surface area (Å²) in [5, 5.41) is 0.984. The fourth-order valence-electron chi connectivity index (χ4n) is 3.58. The van der Waals surface area contributed by atoms with Gasteiger partial charge in [0.15, 0.2) is 15.0 Å². The maximum atomic E-state index is 12.9. The Morgan fingerprint density at radius 3 is 2.47 bits per heavy atom. The van der Waals surface area contributed by atoms with E-state index in [0.717, 1.165) is 10.6 Å². The van der Waals surface area contributed by atoms with Crippen molar-refractivity contribution in [1.29, 1.82) is 0 Å². The van der Waals surface area contributed by atoms with Gasteiger partial charge in [0.1, 0.15) is 0 Å². The molecule has 0 spiro atoms. The molecule has 2 heterocycles. The number of anilines is 1. The Morgan fingerprint density at radius 1 is 1.07 bits per heavy atom. The number of carbonyl (C=O) groups excluding carboxylic acids is 1. The molecule has 8 heteroatoms. The van der Waals surface area contributed by atoms with Gasteiger partial charge in [-0.2, -0.15) is 0 Å². The first-order valence-electron chi connectivity index (χ1n) is 10.0. The lowest BCUT2D eigenvalue weighted by Gasteiger charge is -2.34. The van der Waals surface area contributed by atoms with Crippen molar-refractivity contribution in [3.8, 4) is 0 Å². The molecule has 1 saturated heterocycles. The number of fused-ring (bicyclic) bond motifs is 1. The van der Waals surface area contributed by atoms with Crippen LogP contribution in [0.25, 0.3) is 10.2 Å². The van der Waals surface area contributed by atoms with Gasteiger partial charge in [0.05, 0.1) is 20.9 Å². The molecule has 0 bridgehead atoms. The van der Waals surface area contributed by atoms with E-state index in [4.69, 9.17) is 4.98 Å². The molecule has 1 amide bonds. The lowest BCUT2D eigenvalue weighted by atomic mass is 10.1. The van der Waals surface area contributed by atoms with Gasteiger partial charge in [-0.25, -0.2) is 13.4 Å². The molecular weight excluding hydrogens is 418 g/mol. The summed E-state index contributed by atoms with van der Waals surface area (Å²) in [5.74, 6) is -0.108. The number of carbonyl (C=O) groups is 1. The number of benzene rings is 2. The van der Waals surface area contributed by atoms with Crippen LogP contribution in [0.4, 0.5) is 5.13 Å². The first kappa shape index (κ1) is 20.8. The molecule has 1 aliphatic rings. The monoisotopic (exact) mass is 443 g/mol. The Bertz CT molecular complexity index is 1170. The fourth-order valence-corrected chi connectivity index (χ4v) is 5.60. The van der Waals surface area contributed by atoms with E-state index < -0.39 is 9.84 Å². The van der Waals surface area contributed by atoms with Crippen LogP contribution in [0.1, 0.15) is 28.4 Å². The average molecular weight is 444 g/mol. The van der Waals surface area contributed by atoms with E-state index >= 15 is 0 Å². The van der Waals surface area contributed by atoms with E-state index in [1.54, 1.807) is 41.4 Å². The summed E-state index contributed by atoms with van der Waals surface area (Å²) in [6.07, 6.45) is 0. The van der Waals surface area contributed by atoms with E-state index in [2.05, 4.69) is 30.9 Å². The molecule has 1 aliphatic heterocycles. The lowest BCUT2D eigenvalue weighted by Crippen LogP contribution is -2.48. The SMILES string of the molecule is CCS(=O)(=O)c1cccc(C(=O)N2CCN(c3nc4cc(C)c(C)cc4s3)CC2)c1. The Labute approximate surface area is 181 Å². The zero-order valence-electron chi connectivity index (χ0n) is 17.4. The highest BCUT2D eigenvalue weighted by Crippen LogP contribution is 2.31. The minimum absolute atomic E-state index is 0.0184. The molecule has 0 unspecified atom stereocenters. The minimum Gasteiger partial charge on any atom is -0.345 e. The first-order chi connectivity index (χ1) is 14.3. The summed E-state index contributed by atoms with van der Waals surface area (Å²) in [5.41, 5.74) is 3.94. The summed E-state index contributed by atoms with van der Waals surface area (Å²) in [6, 6.07) is 10.7. The van der Waals surface area contributed by atoms with Crippen molar-refractivity contribution in [1.82, 2.24) is 9.88 Å². The van der Waals surface area contributed by atoms with Gasteiger partial charge in [-0.05, 0) is 55.3 Å². The largest absolute Gasteiger partial charge is 0.345 e. The normalized spacial score (nSPS) is 15.0. The van der Waals surface area contributed by atoms with Crippen molar-refractivity contribution in [2.24, 2.45) is 0 Å². The molecule has 3 aromatic rings. The van der Waals surface area contributed by atoms with Crippen molar-refractivity contribution < 1.29 is 13.2 Å². The number of thiazole rings is 1. The highest BCUT2D eigenvalue weighted by Gasteiger charge is 2.25. The summed E-state index contributed by atoms with van der Waals surface area (Å²) in [7, 11) is -3.33. The maximum Gasteiger partial charge on any atom is 0.254 e. The molecule has 0 aliphatic carbocycles. The van der Waals surface area contributed by atoms with Crippen LogP contribution in [-0.2, 0) is 9.84 Å². The average Bonchev–Trinajstić information content (AvgIpc) is 3.16. The maximum absolute atomic E-state index is 12.9. The summed E-state index contributed by atoms with van der Waals surface area (Å²) in [4.78, 5) is 21.9. The van der Waals surface area contributed by atoms with Gasteiger partial charge in [0.25, 0.3) is 5.91 Å². The molecule has 6 nitrogen and oxygen atoms in total. The van der Waals surface area contributed by atoms with Crippen molar-refractivity contribution in [2.45, 2.75) is 25.7 Å². The lowest BCUT2D eigenvalue weighted by molar-refractivity contribution is 0.0746. The quantitative estimate of drug-likeness (QED) is 0.615. The molecule has 1 aromatic heterocycles. The highest BCUT2D eigenvalue weighted by atomic mass is 32.2. The van der Waals surface area contributed by atoms with E-state index in [1.165, 1.54) is 21.9 Å². The molecule has 1 fully saturated rings. The summed E-state index contributed by atoms with van der Waals surface area (Å²) < 4.78 is 25.4. The number of nitrogens with zero attached hydrogens (tertiary/aromatic N) is 3. The third-order valence-corrected chi connectivity index (χ3v) is 8.46. The Morgan fingerprint density at radius 2 is 1.77 bits per heavy atom. The molecule has 158 valence electrons. The Hall–Kier alpha value is -2.45. The third kappa shape index (κ3) is 3.94. The molecule has 0 saturated carbocycles. The number of aromatic nitrogens is 1. The molecular formula is C22H25N3O3S2. The smallest absolute Gasteiger partial charge is 0.254 e. The standard InChI is InChI=1S/C22H25N3O3S2/c1-4-30(27,28)18-7-5-6-17(14-18)21(26)24-8-10-25(11-9-24)22-23-19-12-15(2)16(3)13-20(19)29-22/h5-7,12-14H,4,8-11H2,1-3H3. The molecule has 0 radical (unpaired) electrons. The van der Waals surface area contributed by atoms with Gasteiger partial charge in [0, 0.05) is 31.7 Å². The number of rotatable bonds is 4. The molecule has 4 rings (SSSR count). The molecule has 0 N–H and O–H groups in total. The molecule has 0 atom stereocenters. The first-order valence-corrected chi connectivity index (χ1v) is 12.5. The Balaban J connectivity index is 1.47. The number of hydrogen-bond acceptors (Lipinski definition) is 6. The van der Waals surface area contributed by atoms with Crippen molar-refractivity contribution in [3.63, 3.8) is 0 Å². The third-order valence-electron chi connectivity index (χ3n) is 5.65. The van der Waals surface area contributed by atoms with E-state index in [0.29, 0.717) is 31.7 Å². The van der Waals surface area contributed by atoms with E-state index in [-0.39, 0.29) is 16.6 Å². The second kappa shape index (κ2) is 8.00. The number of piperazine rings is 1.